The molecule has 0 N–H and O–H groups in total. The van der Waals surface area contributed by atoms with Crippen molar-refractivity contribution < 1.29 is 17.5 Å². The molecule has 6 nitrogen and oxygen atoms in total. The zero-order chi connectivity index (χ0) is 16.7. The lowest BCUT2D eigenvalue weighted by molar-refractivity contribution is 0.147. The van der Waals surface area contributed by atoms with Gasteiger partial charge in [0.05, 0.1) is 24.9 Å². The third-order valence-electron chi connectivity index (χ3n) is 4.38. The lowest BCUT2D eigenvalue weighted by Crippen LogP contribution is -2.40. The molecule has 4 rings (SSSR count). The fourth-order valence-electron chi connectivity index (χ4n) is 2.98. The number of sulfonamides is 1. The van der Waals surface area contributed by atoms with Gasteiger partial charge in [0, 0.05) is 18.1 Å². The zero-order valence-electron chi connectivity index (χ0n) is 13.0. The summed E-state index contributed by atoms with van der Waals surface area (Å²) in [5.74, 6) is -0.645. The summed E-state index contributed by atoms with van der Waals surface area (Å²) in [6, 6.07) is 6.54. The van der Waals surface area contributed by atoms with E-state index in [0.717, 1.165) is 5.69 Å². The molecule has 0 bridgehead atoms. The molecule has 3 heterocycles. The maximum atomic E-state index is 13.8. The molecule has 0 amide bonds. The van der Waals surface area contributed by atoms with Gasteiger partial charge in [0.15, 0.2) is 5.82 Å². The predicted molar refractivity (Wildman–Crippen MR) is 85.4 cm³/mol. The Labute approximate surface area is 139 Å². The molecular formula is C16H18FN3O3S. The number of halogens is 1. The molecular weight excluding hydrogens is 333 g/mol. The maximum absolute atomic E-state index is 13.8. The van der Waals surface area contributed by atoms with Crippen LogP contribution in [0.15, 0.2) is 36.7 Å². The number of ether oxygens (including phenoxy) is 1. The van der Waals surface area contributed by atoms with Gasteiger partial charge in [-0.25, -0.2) is 17.8 Å². The van der Waals surface area contributed by atoms with Gasteiger partial charge >= 0.3 is 0 Å². The molecule has 0 aromatic carbocycles. The monoisotopic (exact) mass is 351 g/mol. The fourth-order valence-corrected chi connectivity index (χ4v) is 4.82. The predicted octanol–water partition coefficient (Wildman–Crippen LogP) is 1.78. The third kappa shape index (κ3) is 2.91. The summed E-state index contributed by atoms with van der Waals surface area (Å²) in [6.07, 6.45) is 4.25. The lowest BCUT2D eigenvalue weighted by Gasteiger charge is -2.24. The van der Waals surface area contributed by atoms with Crippen molar-refractivity contribution in [2.75, 3.05) is 6.54 Å². The molecule has 0 unspecified atom stereocenters. The van der Waals surface area contributed by atoms with Crippen molar-refractivity contribution in [2.45, 2.75) is 37.3 Å². The van der Waals surface area contributed by atoms with E-state index in [1.165, 1.54) is 22.6 Å². The molecule has 1 aliphatic carbocycles. The van der Waals surface area contributed by atoms with Crippen LogP contribution in [0.2, 0.25) is 0 Å². The van der Waals surface area contributed by atoms with Gasteiger partial charge in [0.25, 0.3) is 5.88 Å². The number of hydrogen-bond acceptors (Lipinski definition) is 4. The number of pyridine rings is 1. The highest BCUT2D eigenvalue weighted by atomic mass is 32.2. The van der Waals surface area contributed by atoms with Gasteiger partial charge in [0.2, 0.25) is 10.0 Å². The minimum Gasteiger partial charge on any atom is -0.469 e. The Bertz CT molecular complexity index is 848. The van der Waals surface area contributed by atoms with Gasteiger partial charge in [-0.05, 0) is 37.1 Å². The third-order valence-corrected chi connectivity index (χ3v) is 6.69. The van der Waals surface area contributed by atoms with Crippen molar-refractivity contribution in [1.82, 2.24) is 13.9 Å². The second kappa shape index (κ2) is 5.86. The second-order valence-corrected chi connectivity index (χ2v) is 8.43. The maximum Gasteiger partial charge on any atom is 0.250 e. The van der Waals surface area contributed by atoms with Crippen LogP contribution in [0.5, 0.6) is 5.88 Å². The van der Waals surface area contributed by atoms with E-state index >= 15 is 0 Å². The van der Waals surface area contributed by atoms with Crippen LogP contribution in [-0.4, -0.2) is 40.2 Å². The summed E-state index contributed by atoms with van der Waals surface area (Å²) in [5.41, 5.74) is 0.909. The lowest BCUT2D eigenvalue weighted by atomic mass is 10.3. The fraction of sp³-hybridized carbons (Fsp3) is 0.438. The Balaban J connectivity index is 1.63. The molecule has 1 atom stereocenters. The number of fused-ring (bicyclic) bond motifs is 1. The van der Waals surface area contributed by atoms with E-state index in [4.69, 9.17) is 4.74 Å². The molecule has 8 heteroatoms. The minimum atomic E-state index is -3.34. The van der Waals surface area contributed by atoms with Crippen LogP contribution < -0.4 is 4.74 Å². The number of nitrogens with zero attached hydrogens (tertiary/aromatic N) is 3. The normalized spacial score (nSPS) is 22.0. The summed E-state index contributed by atoms with van der Waals surface area (Å²) in [6.45, 7) is 0.960. The van der Waals surface area contributed by atoms with Crippen LogP contribution in [0.4, 0.5) is 4.39 Å². The van der Waals surface area contributed by atoms with E-state index in [1.54, 1.807) is 0 Å². The van der Waals surface area contributed by atoms with Crippen molar-refractivity contribution in [2.24, 2.45) is 0 Å². The Kier molecular flexibility index (Phi) is 3.80. The van der Waals surface area contributed by atoms with E-state index in [9.17, 15) is 12.8 Å². The molecule has 0 spiro atoms. The Morgan fingerprint density at radius 3 is 2.79 bits per heavy atom. The average Bonchev–Trinajstić information content (AvgIpc) is 3.35. The van der Waals surface area contributed by atoms with Gasteiger partial charge in [-0.15, -0.1) is 0 Å². The molecule has 128 valence electrons. The summed E-state index contributed by atoms with van der Waals surface area (Å²) in [5, 5.41) is -0.286. The van der Waals surface area contributed by atoms with Crippen LogP contribution in [-0.2, 0) is 23.1 Å². The first-order valence-electron chi connectivity index (χ1n) is 7.94. The smallest absolute Gasteiger partial charge is 0.250 e. The van der Waals surface area contributed by atoms with Gasteiger partial charge < -0.3 is 9.30 Å². The van der Waals surface area contributed by atoms with E-state index in [2.05, 4.69) is 4.98 Å². The van der Waals surface area contributed by atoms with Crippen LogP contribution >= 0.6 is 0 Å². The average molecular weight is 351 g/mol. The highest BCUT2D eigenvalue weighted by Crippen LogP contribution is 2.33. The van der Waals surface area contributed by atoms with Crippen LogP contribution in [0, 0.1) is 5.82 Å². The molecule has 2 aromatic heterocycles. The van der Waals surface area contributed by atoms with Crippen molar-refractivity contribution in [1.29, 1.82) is 0 Å². The van der Waals surface area contributed by atoms with E-state index < -0.39 is 21.9 Å². The van der Waals surface area contributed by atoms with E-state index in [-0.39, 0.29) is 17.7 Å². The topological polar surface area (TPSA) is 64.4 Å². The van der Waals surface area contributed by atoms with Gasteiger partial charge in [0.1, 0.15) is 6.10 Å². The van der Waals surface area contributed by atoms with Crippen molar-refractivity contribution in [3.8, 4) is 5.88 Å². The number of rotatable bonds is 4. The first-order chi connectivity index (χ1) is 11.5. The largest absolute Gasteiger partial charge is 0.469 e. The summed E-state index contributed by atoms with van der Waals surface area (Å²) in [7, 11) is -3.34. The molecule has 2 aliphatic rings. The van der Waals surface area contributed by atoms with Crippen molar-refractivity contribution >= 4 is 10.0 Å². The van der Waals surface area contributed by atoms with E-state index in [0.29, 0.717) is 25.9 Å². The Hall–Kier alpha value is -1.93. The first-order valence-corrected chi connectivity index (χ1v) is 9.44. The van der Waals surface area contributed by atoms with E-state index in [1.807, 2.05) is 22.9 Å². The highest BCUT2D eigenvalue weighted by molar-refractivity contribution is 7.90. The van der Waals surface area contributed by atoms with Crippen LogP contribution in [0.3, 0.4) is 0 Å². The van der Waals surface area contributed by atoms with Gasteiger partial charge in [-0.2, -0.15) is 4.31 Å². The van der Waals surface area contributed by atoms with Gasteiger partial charge in [-0.3, -0.25) is 0 Å². The standard InChI is InChI=1S/C16H18FN3O3S/c17-15-4-1-7-18-16(15)23-13-10-19-8-2-3-12(19)9-20(11-13)24(21,22)14-5-6-14/h1-4,7-8,13-14H,5-6,9-11H2/t13-/m0/s1. The Morgan fingerprint density at radius 2 is 2.04 bits per heavy atom. The molecule has 0 saturated heterocycles. The van der Waals surface area contributed by atoms with Crippen molar-refractivity contribution in [3.63, 3.8) is 0 Å². The summed E-state index contributed by atoms with van der Waals surface area (Å²) in [4.78, 5) is 3.91. The van der Waals surface area contributed by atoms with Crippen LogP contribution in [0.25, 0.3) is 0 Å². The molecule has 24 heavy (non-hydrogen) atoms. The Morgan fingerprint density at radius 1 is 1.21 bits per heavy atom. The molecule has 0 radical (unpaired) electrons. The molecule has 1 aliphatic heterocycles. The first kappa shape index (κ1) is 15.6. The minimum absolute atomic E-state index is 0.0955. The van der Waals surface area contributed by atoms with Gasteiger partial charge in [-0.1, -0.05) is 0 Å². The van der Waals surface area contributed by atoms with Crippen LogP contribution in [0.1, 0.15) is 18.5 Å². The zero-order valence-corrected chi connectivity index (χ0v) is 13.8. The number of hydrogen-bond donors (Lipinski definition) is 0. The SMILES string of the molecule is O=S(=O)(C1CC1)N1Cc2cccn2C[C@H](Oc2ncccc2F)C1. The number of aromatic nitrogens is 2. The molecule has 1 fully saturated rings. The van der Waals surface area contributed by atoms with Crippen molar-refractivity contribution in [3.05, 3.63) is 48.2 Å². The summed E-state index contributed by atoms with van der Waals surface area (Å²) >= 11 is 0. The quantitative estimate of drug-likeness (QED) is 0.842. The second-order valence-electron chi connectivity index (χ2n) is 6.22. The highest BCUT2D eigenvalue weighted by Gasteiger charge is 2.42. The summed E-state index contributed by atoms with van der Waals surface area (Å²) < 4.78 is 48.3. The molecule has 1 saturated carbocycles. The molecule has 2 aromatic rings.